The number of benzene rings is 2. The molecule has 0 saturated heterocycles. The van der Waals surface area contributed by atoms with E-state index in [9.17, 15) is 5.11 Å². The third kappa shape index (κ3) is 3.50. The number of rotatable bonds is 6. The number of fused-ring (bicyclic) bond motifs is 1. The largest absolute Gasteiger partial charge is 0.483 e. The van der Waals surface area contributed by atoms with E-state index in [2.05, 4.69) is 60.0 Å². The number of nitrogens with one attached hydrogen (secondary N) is 2. The van der Waals surface area contributed by atoms with Gasteiger partial charge in [0.05, 0.1) is 6.04 Å². The summed E-state index contributed by atoms with van der Waals surface area (Å²) >= 11 is 0. The minimum Gasteiger partial charge on any atom is -0.483 e. The van der Waals surface area contributed by atoms with E-state index in [-0.39, 0.29) is 6.04 Å². The molecule has 0 radical (unpaired) electrons. The van der Waals surface area contributed by atoms with Gasteiger partial charge >= 0.3 is 0 Å². The van der Waals surface area contributed by atoms with Crippen molar-refractivity contribution in [2.75, 3.05) is 13.1 Å². The fourth-order valence-electron chi connectivity index (χ4n) is 3.74. The highest BCUT2D eigenvalue weighted by molar-refractivity contribution is 5.44. The Morgan fingerprint density at radius 3 is 2.54 bits per heavy atom. The smallest absolute Gasteiger partial charge is 0.175 e. The first kappa shape index (κ1) is 18.9. The van der Waals surface area contributed by atoms with Crippen LogP contribution in [-0.2, 0) is 6.42 Å². The molecule has 0 bridgehead atoms. The number of likely N-dealkylation sites (N-methyl/N-ethyl adjacent to an activating group) is 1. The molecule has 1 heterocycles. The van der Waals surface area contributed by atoms with E-state index in [1.54, 1.807) is 0 Å². The fraction of sp³-hybridized carbons (Fsp3) is 0.455. The standard InChI is InChI=1S/C22H30N2O2/c1-5-24-22(25)20(23-14-13-17-9-7-6-8-10-17)18-12-11-16(2)15-19(18)26-21(22,3)4/h6-12,15,20,23-25H,5,13-14H2,1-4H3/t20-,22?/m0/s1. The van der Waals surface area contributed by atoms with Gasteiger partial charge in [-0.1, -0.05) is 49.4 Å². The zero-order valence-corrected chi connectivity index (χ0v) is 16.2. The molecule has 3 rings (SSSR count). The second-order valence-electron chi connectivity index (χ2n) is 7.57. The summed E-state index contributed by atoms with van der Waals surface area (Å²) in [5.74, 6) is 0.842. The molecule has 1 aliphatic heterocycles. The van der Waals surface area contributed by atoms with E-state index in [0.717, 1.165) is 29.8 Å². The Kier molecular flexibility index (Phi) is 5.37. The first-order valence-electron chi connectivity index (χ1n) is 9.41. The van der Waals surface area contributed by atoms with E-state index in [1.807, 2.05) is 26.8 Å². The molecule has 26 heavy (non-hydrogen) atoms. The summed E-state index contributed by atoms with van der Waals surface area (Å²) in [6, 6.07) is 16.3. The van der Waals surface area contributed by atoms with Crippen molar-refractivity contribution in [1.82, 2.24) is 10.6 Å². The lowest BCUT2D eigenvalue weighted by molar-refractivity contribution is -0.170. The highest BCUT2D eigenvalue weighted by atomic mass is 16.5. The Balaban J connectivity index is 1.89. The lowest BCUT2D eigenvalue weighted by Gasteiger charge is -2.51. The van der Waals surface area contributed by atoms with Crippen LogP contribution in [0.2, 0.25) is 0 Å². The van der Waals surface area contributed by atoms with E-state index in [4.69, 9.17) is 4.74 Å². The second-order valence-corrected chi connectivity index (χ2v) is 7.57. The molecule has 0 aromatic heterocycles. The average molecular weight is 354 g/mol. The van der Waals surface area contributed by atoms with Crippen LogP contribution >= 0.6 is 0 Å². The van der Waals surface area contributed by atoms with Gasteiger partial charge in [-0.3, -0.25) is 5.32 Å². The summed E-state index contributed by atoms with van der Waals surface area (Å²) in [5.41, 5.74) is 1.44. The number of hydrogen-bond donors (Lipinski definition) is 3. The quantitative estimate of drug-likeness (QED) is 0.697. The lowest BCUT2D eigenvalue weighted by atomic mass is 9.80. The van der Waals surface area contributed by atoms with Gasteiger partial charge in [0.25, 0.3) is 0 Å². The van der Waals surface area contributed by atoms with Gasteiger partial charge in [-0.25, -0.2) is 0 Å². The second kappa shape index (κ2) is 7.39. The van der Waals surface area contributed by atoms with Gasteiger partial charge in [0.2, 0.25) is 0 Å². The van der Waals surface area contributed by atoms with E-state index in [0.29, 0.717) is 6.54 Å². The molecule has 1 aliphatic rings. The van der Waals surface area contributed by atoms with Crippen LogP contribution < -0.4 is 15.4 Å². The Morgan fingerprint density at radius 1 is 1.12 bits per heavy atom. The Bertz CT molecular complexity index is 745. The average Bonchev–Trinajstić information content (AvgIpc) is 2.59. The normalized spacial score (nSPS) is 24.0. The highest BCUT2D eigenvalue weighted by Crippen LogP contribution is 2.45. The maximum absolute atomic E-state index is 11.6. The Hall–Kier alpha value is -1.88. The van der Waals surface area contributed by atoms with Crippen molar-refractivity contribution in [2.24, 2.45) is 0 Å². The molecule has 3 N–H and O–H groups in total. The third-order valence-electron chi connectivity index (χ3n) is 5.23. The topological polar surface area (TPSA) is 53.5 Å². The van der Waals surface area contributed by atoms with Crippen LogP contribution in [0.4, 0.5) is 0 Å². The molecular formula is C22H30N2O2. The summed E-state index contributed by atoms with van der Waals surface area (Å²) in [7, 11) is 0. The summed E-state index contributed by atoms with van der Waals surface area (Å²) in [6.07, 6.45) is 0.905. The fourth-order valence-corrected chi connectivity index (χ4v) is 3.74. The van der Waals surface area contributed by atoms with Crippen LogP contribution in [0.25, 0.3) is 0 Å². The number of aryl methyl sites for hydroxylation is 1. The van der Waals surface area contributed by atoms with Crippen LogP contribution in [0, 0.1) is 6.92 Å². The van der Waals surface area contributed by atoms with Crippen molar-refractivity contribution in [3.8, 4) is 5.75 Å². The van der Waals surface area contributed by atoms with Gasteiger partial charge in [-0.05, 0) is 57.5 Å². The minimum absolute atomic E-state index is 0.259. The van der Waals surface area contributed by atoms with Crippen LogP contribution in [0.1, 0.15) is 43.5 Å². The zero-order valence-electron chi connectivity index (χ0n) is 16.2. The van der Waals surface area contributed by atoms with Gasteiger partial charge < -0.3 is 15.2 Å². The Labute approximate surface area is 156 Å². The van der Waals surface area contributed by atoms with Crippen molar-refractivity contribution in [1.29, 1.82) is 0 Å². The van der Waals surface area contributed by atoms with Crippen LogP contribution in [-0.4, -0.2) is 29.5 Å². The Morgan fingerprint density at radius 2 is 1.85 bits per heavy atom. The van der Waals surface area contributed by atoms with Gasteiger partial charge in [0.15, 0.2) is 5.72 Å². The number of hydrogen-bond acceptors (Lipinski definition) is 4. The molecule has 2 aromatic carbocycles. The van der Waals surface area contributed by atoms with Crippen LogP contribution in [0.5, 0.6) is 5.75 Å². The van der Waals surface area contributed by atoms with Crippen LogP contribution in [0.15, 0.2) is 48.5 Å². The SMILES string of the molecule is CCNC1(O)[C@@H](NCCc2ccccc2)c2ccc(C)cc2OC1(C)C. The molecule has 2 aromatic rings. The summed E-state index contributed by atoms with van der Waals surface area (Å²) in [6.45, 7) is 9.35. The van der Waals surface area contributed by atoms with Crippen molar-refractivity contribution in [3.63, 3.8) is 0 Å². The van der Waals surface area contributed by atoms with E-state index >= 15 is 0 Å². The van der Waals surface area contributed by atoms with Gasteiger partial charge in [-0.2, -0.15) is 0 Å². The van der Waals surface area contributed by atoms with Crippen molar-refractivity contribution in [3.05, 3.63) is 65.2 Å². The molecule has 1 unspecified atom stereocenters. The molecule has 0 saturated carbocycles. The van der Waals surface area contributed by atoms with Gasteiger partial charge in [0.1, 0.15) is 11.4 Å². The summed E-state index contributed by atoms with van der Waals surface area (Å²) < 4.78 is 6.21. The number of aliphatic hydroxyl groups is 1. The van der Waals surface area contributed by atoms with Crippen molar-refractivity contribution < 1.29 is 9.84 Å². The maximum atomic E-state index is 11.6. The molecule has 4 heteroatoms. The van der Waals surface area contributed by atoms with E-state index in [1.165, 1.54) is 5.56 Å². The molecular weight excluding hydrogens is 324 g/mol. The number of ether oxygens (including phenoxy) is 1. The summed E-state index contributed by atoms with van der Waals surface area (Å²) in [4.78, 5) is 0. The maximum Gasteiger partial charge on any atom is 0.175 e. The molecule has 0 aliphatic carbocycles. The lowest BCUT2D eigenvalue weighted by Crippen LogP contribution is -2.70. The van der Waals surface area contributed by atoms with Gasteiger partial charge in [0, 0.05) is 5.56 Å². The van der Waals surface area contributed by atoms with E-state index < -0.39 is 11.3 Å². The third-order valence-corrected chi connectivity index (χ3v) is 5.23. The van der Waals surface area contributed by atoms with Crippen LogP contribution in [0.3, 0.4) is 0 Å². The van der Waals surface area contributed by atoms with Crippen molar-refractivity contribution in [2.45, 2.75) is 51.5 Å². The highest BCUT2D eigenvalue weighted by Gasteiger charge is 2.55. The molecule has 0 amide bonds. The predicted octanol–water partition coefficient (Wildman–Crippen LogP) is 3.34. The van der Waals surface area contributed by atoms with Crippen molar-refractivity contribution >= 4 is 0 Å². The predicted molar refractivity (Wildman–Crippen MR) is 105 cm³/mol. The molecule has 0 fully saturated rings. The molecule has 4 nitrogen and oxygen atoms in total. The van der Waals surface area contributed by atoms with Gasteiger partial charge in [-0.15, -0.1) is 0 Å². The first-order valence-corrected chi connectivity index (χ1v) is 9.41. The minimum atomic E-state index is -1.21. The monoisotopic (exact) mass is 354 g/mol. The summed E-state index contributed by atoms with van der Waals surface area (Å²) in [5, 5.41) is 18.4. The zero-order chi connectivity index (χ0) is 18.8. The first-order chi connectivity index (χ1) is 12.4. The molecule has 0 spiro atoms. The molecule has 140 valence electrons. The molecule has 2 atom stereocenters.